The van der Waals surface area contributed by atoms with Crippen LogP contribution in [0.3, 0.4) is 0 Å². The van der Waals surface area contributed by atoms with E-state index in [1.165, 1.54) is 0 Å². The van der Waals surface area contributed by atoms with Crippen molar-refractivity contribution in [3.8, 4) is 17.2 Å². The van der Waals surface area contributed by atoms with Gasteiger partial charge in [-0.3, -0.25) is 0 Å². The molecule has 0 aromatic heterocycles. The Labute approximate surface area is 182 Å². The molecule has 1 aromatic carbocycles. The van der Waals surface area contributed by atoms with Crippen molar-refractivity contribution in [1.82, 2.24) is 4.90 Å². The zero-order chi connectivity index (χ0) is 20.8. The molecule has 6 nitrogen and oxygen atoms in total. The second-order valence-corrected chi connectivity index (χ2v) is 6.51. The summed E-state index contributed by atoms with van der Waals surface area (Å²) in [6.45, 7) is 14.9. The first-order valence-corrected chi connectivity index (χ1v) is 10.6. The van der Waals surface area contributed by atoms with Gasteiger partial charge in [0.05, 0.1) is 25.4 Å². The molecule has 0 radical (unpaired) electrons. The Balaban J connectivity index is 0.00000784. The Morgan fingerprint density at radius 2 is 1.28 bits per heavy atom. The lowest BCUT2D eigenvalue weighted by Crippen LogP contribution is -2.27. The fourth-order valence-electron chi connectivity index (χ4n) is 2.57. The molecule has 0 aliphatic carbocycles. The highest BCUT2D eigenvalue weighted by atomic mass is 35.5. The minimum Gasteiger partial charge on any atom is -0.490 e. The van der Waals surface area contributed by atoms with Gasteiger partial charge in [-0.25, -0.2) is 4.79 Å². The van der Waals surface area contributed by atoms with Gasteiger partial charge >= 0.3 is 5.97 Å². The Morgan fingerprint density at radius 3 is 1.72 bits per heavy atom. The van der Waals surface area contributed by atoms with Crippen LogP contribution in [0, 0.1) is 0 Å². The second kappa shape index (κ2) is 16.2. The van der Waals surface area contributed by atoms with Gasteiger partial charge in [0, 0.05) is 6.54 Å². The molecule has 0 bridgehead atoms. The summed E-state index contributed by atoms with van der Waals surface area (Å²) in [7, 11) is 0. The topological polar surface area (TPSA) is 57.2 Å². The number of halogens is 1. The largest absolute Gasteiger partial charge is 0.490 e. The quantitative estimate of drug-likeness (QED) is 0.365. The summed E-state index contributed by atoms with van der Waals surface area (Å²) in [4.78, 5) is 14.8. The molecule has 0 amide bonds. The van der Waals surface area contributed by atoms with Crippen molar-refractivity contribution in [1.29, 1.82) is 0 Å². The zero-order valence-electron chi connectivity index (χ0n) is 18.6. The SMILES string of the molecule is CCCOc1cc(C(=O)OCCN(CC)CC)cc(OCCC)c1OCCC.Cl. The molecule has 0 fully saturated rings. The molecule has 0 saturated heterocycles. The lowest BCUT2D eigenvalue weighted by Gasteiger charge is -2.19. The normalized spacial score (nSPS) is 10.4. The van der Waals surface area contributed by atoms with Crippen LogP contribution in [0.15, 0.2) is 12.1 Å². The van der Waals surface area contributed by atoms with Crippen molar-refractivity contribution < 1.29 is 23.7 Å². The van der Waals surface area contributed by atoms with Crippen LogP contribution >= 0.6 is 12.4 Å². The summed E-state index contributed by atoms with van der Waals surface area (Å²) in [6.07, 6.45) is 2.59. The van der Waals surface area contributed by atoms with Crippen LogP contribution in [0.1, 0.15) is 64.2 Å². The molecule has 168 valence electrons. The summed E-state index contributed by atoms with van der Waals surface area (Å²) in [5.74, 6) is 1.24. The van der Waals surface area contributed by atoms with Crippen LogP contribution in [-0.2, 0) is 4.74 Å². The molecule has 1 aromatic rings. The molecule has 0 atom stereocenters. The number of carbonyl (C=O) groups is 1. The van der Waals surface area contributed by atoms with Gasteiger partial charge in [-0.15, -0.1) is 12.4 Å². The van der Waals surface area contributed by atoms with Gasteiger partial charge in [0.1, 0.15) is 6.61 Å². The first kappa shape index (κ1) is 27.3. The molecule has 0 spiro atoms. The van der Waals surface area contributed by atoms with E-state index in [0.717, 1.165) is 38.9 Å². The number of hydrogen-bond donors (Lipinski definition) is 0. The summed E-state index contributed by atoms with van der Waals surface area (Å²) in [5.41, 5.74) is 0.417. The zero-order valence-corrected chi connectivity index (χ0v) is 19.4. The number of ether oxygens (including phenoxy) is 4. The average molecular weight is 432 g/mol. The minimum absolute atomic E-state index is 0. The third-order valence-corrected chi connectivity index (χ3v) is 4.17. The molecule has 7 heteroatoms. The molecule has 0 aliphatic rings. The van der Waals surface area contributed by atoms with Crippen molar-refractivity contribution in [2.24, 2.45) is 0 Å². The van der Waals surface area contributed by atoms with E-state index in [1.807, 2.05) is 20.8 Å². The van der Waals surface area contributed by atoms with E-state index in [9.17, 15) is 4.79 Å². The van der Waals surface area contributed by atoms with Gasteiger partial charge in [-0.2, -0.15) is 0 Å². The van der Waals surface area contributed by atoms with Gasteiger partial charge < -0.3 is 23.8 Å². The summed E-state index contributed by atoms with van der Waals surface area (Å²) in [6, 6.07) is 3.39. The van der Waals surface area contributed by atoms with Crippen molar-refractivity contribution in [2.45, 2.75) is 53.9 Å². The number of esters is 1. The Kier molecular flexibility index (Phi) is 15.2. The van der Waals surface area contributed by atoms with Crippen molar-refractivity contribution >= 4 is 18.4 Å². The molecular weight excluding hydrogens is 394 g/mol. The van der Waals surface area contributed by atoms with E-state index in [4.69, 9.17) is 18.9 Å². The number of rotatable bonds is 15. The van der Waals surface area contributed by atoms with Gasteiger partial charge in [-0.1, -0.05) is 34.6 Å². The first-order chi connectivity index (χ1) is 13.6. The van der Waals surface area contributed by atoms with Gasteiger partial charge in [-0.05, 0) is 44.5 Å². The standard InChI is InChI=1S/C22H37NO5.ClH/c1-6-12-25-19-16-18(22(24)28-15-11-23(9-4)10-5)17-20(26-13-7-2)21(19)27-14-8-3;/h16-17H,6-15H2,1-5H3;1H. The van der Waals surface area contributed by atoms with Crippen LogP contribution < -0.4 is 14.2 Å². The fourth-order valence-corrected chi connectivity index (χ4v) is 2.57. The number of carbonyl (C=O) groups excluding carboxylic acids is 1. The van der Waals surface area contributed by atoms with E-state index >= 15 is 0 Å². The number of nitrogens with zero attached hydrogens (tertiary/aromatic N) is 1. The first-order valence-electron chi connectivity index (χ1n) is 10.6. The number of benzene rings is 1. The van der Waals surface area contributed by atoms with E-state index in [0.29, 0.717) is 49.2 Å². The maximum Gasteiger partial charge on any atom is 0.338 e. The van der Waals surface area contributed by atoms with Gasteiger partial charge in [0.25, 0.3) is 0 Å². The van der Waals surface area contributed by atoms with Gasteiger partial charge in [0.2, 0.25) is 5.75 Å². The van der Waals surface area contributed by atoms with Crippen molar-refractivity contribution in [3.63, 3.8) is 0 Å². The predicted molar refractivity (Wildman–Crippen MR) is 119 cm³/mol. The molecule has 29 heavy (non-hydrogen) atoms. The van der Waals surface area contributed by atoms with Gasteiger partial charge in [0.15, 0.2) is 11.5 Å². The Hall–Kier alpha value is -1.66. The molecule has 0 saturated carbocycles. The maximum absolute atomic E-state index is 12.6. The summed E-state index contributed by atoms with van der Waals surface area (Å²) in [5, 5.41) is 0. The van der Waals surface area contributed by atoms with E-state index in [1.54, 1.807) is 12.1 Å². The van der Waals surface area contributed by atoms with Crippen molar-refractivity contribution in [2.75, 3.05) is 46.1 Å². The van der Waals surface area contributed by atoms with E-state index in [2.05, 4.69) is 18.7 Å². The molecule has 0 N–H and O–H groups in total. The monoisotopic (exact) mass is 431 g/mol. The maximum atomic E-state index is 12.6. The molecule has 1 rings (SSSR count). The highest BCUT2D eigenvalue weighted by Crippen LogP contribution is 2.39. The summed E-state index contributed by atoms with van der Waals surface area (Å²) >= 11 is 0. The van der Waals surface area contributed by atoms with Crippen LogP contribution in [0.4, 0.5) is 0 Å². The van der Waals surface area contributed by atoms with E-state index in [-0.39, 0.29) is 18.4 Å². The highest BCUT2D eigenvalue weighted by molar-refractivity contribution is 5.91. The molecule has 0 unspecified atom stereocenters. The number of hydrogen-bond acceptors (Lipinski definition) is 6. The third kappa shape index (κ3) is 9.59. The second-order valence-electron chi connectivity index (χ2n) is 6.51. The van der Waals surface area contributed by atoms with Crippen molar-refractivity contribution in [3.05, 3.63) is 17.7 Å². The lowest BCUT2D eigenvalue weighted by atomic mass is 10.1. The Morgan fingerprint density at radius 1 is 0.793 bits per heavy atom. The smallest absolute Gasteiger partial charge is 0.338 e. The fraction of sp³-hybridized carbons (Fsp3) is 0.682. The Bertz CT molecular complexity index is 549. The molecule has 0 aliphatic heterocycles. The predicted octanol–water partition coefficient (Wildman–Crippen LogP) is 4.97. The molecule has 0 heterocycles. The average Bonchev–Trinajstić information content (AvgIpc) is 2.72. The number of likely N-dealkylation sites (N-methyl/N-ethyl adjacent to an activating group) is 1. The van der Waals surface area contributed by atoms with Crippen LogP contribution in [0.5, 0.6) is 17.2 Å². The van der Waals surface area contributed by atoms with Crippen LogP contribution in [0.2, 0.25) is 0 Å². The van der Waals surface area contributed by atoms with E-state index < -0.39 is 0 Å². The third-order valence-electron chi connectivity index (χ3n) is 4.17. The molecular formula is C22H38ClNO5. The minimum atomic E-state index is -0.378. The lowest BCUT2D eigenvalue weighted by molar-refractivity contribution is 0.0465. The summed E-state index contributed by atoms with van der Waals surface area (Å²) < 4.78 is 23.1. The van der Waals surface area contributed by atoms with Crippen LogP contribution in [-0.4, -0.2) is 56.9 Å². The highest BCUT2D eigenvalue weighted by Gasteiger charge is 2.19. The van der Waals surface area contributed by atoms with Crippen LogP contribution in [0.25, 0.3) is 0 Å².